The van der Waals surface area contributed by atoms with Crippen molar-refractivity contribution in [2.75, 3.05) is 31.0 Å². The van der Waals surface area contributed by atoms with Crippen LogP contribution in [0.2, 0.25) is 0 Å². The van der Waals surface area contributed by atoms with Gasteiger partial charge in [0.25, 0.3) is 5.91 Å². The molecule has 0 bridgehead atoms. The van der Waals surface area contributed by atoms with Gasteiger partial charge in [-0.1, -0.05) is 30.3 Å². The Labute approximate surface area is 190 Å². The molecule has 3 aromatic carbocycles. The lowest BCUT2D eigenvalue weighted by molar-refractivity contribution is -0.115. The minimum absolute atomic E-state index is 0.0574. The number of nitrogens with zero attached hydrogens (tertiary/aromatic N) is 2. The molecule has 164 valence electrons. The van der Waals surface area contributed by atoms with E-state index in [1.807, 2.05) is 54.6 Å². The van der Waals surface area contributed by atoms with Gasteiger partial charge in [-0.2, -0.15) is 0 Å². The molecule has 33 heavy (non-hydrogen) atoms. The van der Waals surface area contributed by atoms with Crippen LogP contribution in [0.3, 0.4) is 0 Å². The van der Waals surface area contributed by atoms with Crippen LogP contribution in [0.25, 0.3) is 22.2 Å². The number of hydrogen-bond acceptors (Lipinski definition) is 5. The Bertz CT molecular complexity index is 1400. The average molecular weight is 439 g/mol. The predicted molar refractivity (Wildman–Crippen MR) is 127 cm³/mol. The van der Waals surface area contributed by atoms with Gasteiger partial charge in [0.1, 0.15) is 6.54 Å². The lowest BCUT2D eigenvalue weighted by Gasteiger charge is -2.29. The molecule has 1 aromatic heterocycles. The van der Waals surface area contributed by atoms with Crippen molar-refractivity contribution >= 4 is 34.1 Å². The van der Waals surface area contributed by atoms with Crippen molar-refractivity contribution in [2.45, 2.75) is 0 Å². The molecule has 1 aliphatic rings. The van der Waals surface area contributed by atoms with E-state index in [4.69, 9.17) is 14.5 Å². The summed E-state index contributed by atoms with van der Waals surface area (Å²) in [6.45, 7) is -0.0574. The third kappa shape index (κ3) is 3.63. The fourth-order valence-electron chi connectivity index (χ4n) is 4.06. The molecule has 1 N–H and O–H groups in total. The fraction of sp³-hybridized carbons (Fsp3) is 0.115. The number of fused-ring (bicyclic) bond motifs is 2. The first-order valence-corrected chi connectivity index (χ1v) is 10.4. The van der Waals surface area contributed by atoms with Crippen LogP contribution in [0.1, 0.15) is 10.4 Å². The van der Waals surface area contributed by atoms with E-state index in [9.17, 15) is 9.59 Å². The molecule has 0 unspecified atom stereocenters. The average Bonchev–Trinajstić information content (AvgIpc) is 2.86. The molecule has 0 aliphatic carbocycles. The minimum Gasteiger partial charge on any atom is -0.493 e. The Morgan fingerprint density at radius 1 is 0.939 bits per heavy atom. The third-order valence-electron chi connectivity index (χ3n) is 5.64. The maximum Gasteiger partial charge on any atom is 0.259 e. The lowest BCUT2D eigenvalue weighted by atomic mass is 10.0. The van der Waals surface area contributed by atoms with Gasteiger partial charge in [0.15, 0.2) is 11.5 Å². The van der Waals surface area contributed by atoms with Gasteiger partial charge in [-0.05, 0) is 42.5 Å². The monoisotopic (exact) mass is 439 g/mol. The molecule has 0 spiro atoms. The zero-order valence-corrected chi connectivity index (χ0v) is 18.2. The summed E-state index contributed by atoms with van der Waals surface area (Å²) in [6, 6.07) is 22.0. The fourth-order valence-corrected chi connectivity index (χ4v) is 4.06. The number of rotatable bonds is 4. The molecule has 7 nitrogen and oxygen atoms in total. The van der Waals surface area contributed by atoms with E-state index in [-0.39, 0.29) is 18.4 Å². The van der Waals surface area contributed by atoms with Crippen LogP contribution in [-0.2, 0) is 4.79 Å². The van der Waals surface area contributed by atoms with Crippen LogP contribution in [0.15, 0.2) is 72.8 Å². The molecule has 1 aliphatic heterocycles. The summed E-state index contributed by atoms with van der Waals surface area (Å²) in [4.78, 5) is 32.4. The van der Waals surface area contributed by atoms with Crippen LogP contribution in [-0.4, -0.2) is 37.6 Å². The molecular weight excluding hydrogens is 418 g/mol. The van der Waals surface area contributed by atoms with Crippen molar-refractivity contribution in [2.24, 2.45) is 0 Å². The number of nitrogens with one attached hydrogen (secondary N) is 1. The largest absolute Gasteiger partial charge is 0.493 e. The smallest absolute Gasteiger partial charge is 0.259 e. The predicted octanol–water partition coefficient (Wildman–Crippen LogP) is 4.52. The van der Waals surface area contributed by atoms with E-state index >= 15 is 0 Å². The zero-order chi connectivity index (χ0) is 22.9. The van der Waals surface area contributed by atoms with Crippen LogP contribution in [0, 0.1) is 0 Å². The number of ether oxygens (including phenoxy) is 2. The summed E-state index contributed by atoms with van der Waals surface area (Å²) in [5.74, 6) is 0.673. The number of hydrogen-bond donors (Lipinski definition) is 1. The molecule has 2 heterocycles. The minimum atomic E-state index is -0.266. The zero-order valence-electron chi connectivity index (χ0n) is 18.2. The first-order valence-electron chi connectivity index (χ1n) is 10.4. The SMILES string of the molecule is COc1ccc(-c2cc(C(=O)N3CC(=O)Nc4ccccc43)c3ccccc3n2)cc1OC. The second kappa shape index (κ2) is 8.27. The van der Waals surface area contributed by atoms with Crippen molar-refractivity contribution in [3.8, 4) is 22.8 Å². The molecule has 0 atom stereocenters. The van der Waals surface area contributed by atoms with E-state index in [0.717, 1.165) is 10.9 Å². The Morgan fingerprint density at radius 2 is 1.70 bits per heavy atom. The molecule has 7 heteroatoms. The van der Waals surface area contributed by atoms with E-state index in [1.165, 1.54) is 4.90 Å². The van der Waals surface area contributed by atoms with Gasteiger partial charge in [0.05, 0.1) is 42.4 Å². The Balaban J connectivity index is 1.66. The van der Waals surface area contributed by atoms with Crippen molar-refractivity contribution in [1.29, 1.82) is 0 Å². The van der Waals surface area contributed by atoms with Gasteiger partial charge in [-0.25, -0.2) is 4.98 Å². The first-order chi connectivity index (χ1) is 16.1. The van der Waals surface area contributed by atoms with Crippen molar-refractivity contribution in [1.82, 2.24) is 4.98 Å². The number of benzene rings is 3. The highest BCUT2D eigenvalue weighted by Crippen LogP contribution is 2.35. The quantitative estimate of drug-likeness (QED) is 0.506. The van der Waals surface area contributed by atoms with Gasteiger partial charge >= 0.3 is 0 Å². The summed E-state index contributed by atoms with van der Waals surface area (Å²) < 4.78 is 10.8. The van der Waals surface area contributed by atoms with Crippen LogP contribution in [0.5, 0.6) is 11.5 Å². The molecule has 2 amide bonds. The lowest BCUT2D eigenvalue weighted by Crippen LogP contribution is -2.42. The summed E-state index contributed by atoms with van der Waals surface area (Å²) in [5.41, 5.74) is 3.82. The number of amides is 2. The van der Waals surface area contributed by atoms with Crippen LogP contribution in [0.4, 0.5) is 11.4 Å². The van der Waals surface area contributed by atoms with Gasteiger partial charge in [-0.3, -0.25) is 14.5 Å². The van der Waals surface area contributed by atoms with E-state index in [2.05, 4.69) is 5.32 Å². The van der Waals surface area contributed by atoms with Crippen molar-refractivity contribution < 1.29 is 19.1 Å². The third-order valence-corrected chi connectivity index (χ3v) is 5.64. The summed E-state index contributed by atoms with van der Waals surface area (Å²) >= 11 is 0. The summed E-state index contributed by atoms with van der Waals surface area (Å²) in [5, 5.41) is 3.54. The van der Waals surface area contributed by atoms with E-state index in [1.54, 1.807) is 32.4 Å². The Morgan fingerprint density at radius 3 is 2.52 bits per heavy atom. The highest BCUT2D eigenvalue weighted by molar-refractivity contribution is 6.19. The molecule has 5 rings (SSSR count). The molecule has 0 fully saturated rings. The van der Waals surface area contributed by atoms with Gasteiger partial charge in [0.2, 0.25) is 5.91 Å². The van der Waals surface area contributed by atoms with Gasteiger partial charge in [-0.15, -0.1) is 0 Å². The molecule has 0 saturated carbocycles. The molecule has 0 radical (unpaired) electrons. The Hall–Kier alpha value is -4.39. The highest BCUT2D eigenvalue weighted by atomic mass is 16.5. The number of para-hydroxylation sites is 3. The van der Waals surface area contributed by atoms with Gasteiger partial charge < -0.3 is 14.8 Å². The number of carbonyl (C=O) groups is 2. The normalized spacial score (nSPS) is 12.8. The van der Waals surface area contributed by atoms with Crippen LogP contribution < -0.4 is 19.7 Å². The summed E-state index contributed by atoms with van der Waals surface area (Å²) in [7, 11) is 3.15. The molecular formula is C26H21N3O4. The number of anilines is 2. The second-order valence-corrected chi connectivity index (χ2v) is 7.60. The molecule has 0 saturated heterocycles. The maximum atomic E-state index is 13.8. The number of pyridine rings is 1. The standard InChI is InChI=1S/C26H21N3O4/c1-32-23-12-11-16(13-24(23)33-2)21-14-18(17-7-3-4-8-19(17)27-21)26(31)29-15-25(30)28-20-9-5-6-10-22(20)29/h3-14H,15H2,1-2H3,(H,28,30). The van der Waals surface area contributed by atoms with Crippen LogP contribution >= 0.6 is 0 Å². The van der Waals surface area contributed by atoms with E-state index < -0.39 is 0 Å². The topological polar surface area (TPSA) is 80.8 Å². The number of methoxy groups -OCH3 is 2. The first kappa shape index (κ1) is 20.5. The number of aromatic nitrogens is 1. The van der Waals surface area contributed by atoms with E-state index in [0.29, 0.717) is 39.6 Å². The van der Waals surface area contributed by atoms with Gasteiger partial charge in [0, 0.05) is 10.9 Å². The molecule has 4 aromatic rings. The second-order valence-electron chi connectivity index (χ2n) is 7.60. The summed E-state index contributed by atoms with van der Waals surface area (Å²) in [6.07, 6.45) is 0. The number of carbonyl (C=O) groups excluding carboxylic acids is 2. The Kier molecular flexibility index (Phi) is 5.14. The van der Waals surface area contributed by atoms with Crippen molar-refractivity contribution in [3.05, 3.63) is 78.4 Å². The highest BCUT2D eigenvalue weighted by Gasteiger charge is 2.29. The maximum absolute atomic E-state index is 13.8. The van der Waals surface area contributed by atoms with Crippen molar-refractivity contribution in [3.63, 3.8) is 0 Å².